The van der Waals surface area contributed by atoms with E-state index >= 15 is 0 Å². The summed E-state index contributed by atoms with van der Waals surface area (Å²) in [4.78, 5) is 27.7. The smallest absolute Gasteiger partial charge is 0.419 e. The molecule has 2 aromatic carbocycles. The Morgan fingerprint density at radius 2 is 1.74 bits per heavy atom. The maximum atomic E-state index is 12.9. The Bertz CT molecular complexity index is 1090. The average Bonchev–Trinajstić information content (AvgIpc) is 3.00. The van der Waals surface area contributed by atoms with Crippen LogP contribution in [0, 0.1) is 0 Å². The van der Waals surface area contributed by atoms with E-state index in [0.29, 0.717) is 16.8 Å². The summed E-state index contributed by atoms with van der Waals surface area (Å²) < 4.78 is 6.99. The molecule has 0 aliphatic carbocycles. The van der Waals surface area contributed by atoms with Gasteiger partial charge in [-0.3, -0.25) is 4.79 Å². The van der Waals surface area contributed by atoms with Crippen molar-refractivity contribution >= 4 is 22.9 Å². The van der Waals surface area contributed by atoms with Gasteiger partial charge in [-0.1, -0.05) is 42.5 Å². The Morgan fingerprint density at radius 1 is 1.07 bits per heavy atom. The van der Waals surface area contributed by atoms with E-state index in [0.717, 1.165) is 5.39 Å². The summed E-state index contributed by atoms with van der Waals surface area (Å²) in [6.45, 7) is 5.36. The van der Waals surface area contributed by atoms with Crippen LogP contribution in [0.3, 0.4) is 0 Å². The first kappa shape index (κ1) is 18.2. The minimum absolute atomic E-state index is 0.211. The van der Waals surface area contributed by atoms with E-state index in [1.165, 1.54) is 4.57 Å². The molecule has 0 bridgehead atoms. The zero-order valence-corrected chi connectivity index (χ0v) is 15.2. The van der Waals surface area contributed by atoms with Crippen LogP contribution < -0.4 is 0 Å². The normalized spacial score (nSPS) is 11.1. The van der Waals surface area contributed by atoms with Gasteiger partial charge in [-0.2, -0.15) is 0 Å². The molecule has 0 radical (unpaired) electrons. The fraction of sp³-hybridized carbons (Fsp3) is 0.200. The molecular formula is C20H18N4O3. The molecule has 7 heteroatoms. The van der Waals surface area contributed by atoms with Gasteiger partial charge in [-0.05, 0) is 43.5 Å². The number of fused-ring (bicyclic) bond motifs is 1. The van der Waals surface area contributed by atoms with Gasteiger partial charge in [0.05, 0.1) is 11.2 Å². The lowest BCUT2D eigenvalue weighted by Gasteiger charge is -2.21. The minimum Gasteiger partial charge on any atom is -0.443 e. The maximum Gasteiger partial charge on any atom is 0.419 e. The number of amides is 1. The van der Waals surface area contributed by atoms with Crippen molar-refractivity contribution in [3.05, 3.63) is 70.6 Å². The molecule has 7 nitrogen and oxygen atoms in total. The zero-order valence-electron chi connectivity index (χ0n) is 15.2. The Labute approximate surface area is 155 Å². The van der Waals surface area contributed by atoms with E-state index in [1.807, 2.05) is 18.2 Å². The molecule has 0 spiro atoms. The van der Waals surface area contributed by atoms with Crippen molar-refractivity contribution in [2.45, 2.75) is 26.4 Å². The molecule has 0 unspecified atom stereocenters. The standard InChI is InChI=1S/C20H18N4O3/c1-20(2,3)27-19(26)24-16-11-7-4-8-13(16)12-17(24)14-9-5-6-10-15(14)18(25)22-23-21/h4-12H,1-3H3. The molecule has 27 heavy (non-hydrogen) atoms. The summed E-state index contributed by atoms with van der Waals surface area (Å²) >= 11 is 0. The van der Waals surface area contributed by atoms with Crippen LogP contribution in [0.5, 0.6) is 0 Å². The number of hydrogen-bond acceptors (Lipinski definition) is 3. The van der Waals surface area contributed by atoms with Gasteiger partial charge in [0.15, 0.2) is 0 Å². The van der Waals surface area contributed by atoms with Crippen molar-refractivity contribution in [3.8, 4) is 11.3 Å². The van der Waals surface area contributed by atoms with Crippen LogP contribution >= 0.6 is 0 Å². The molecule has 0 atom stereocenters. The molecule has 0 saturated carbocycles. The number of rotatable bonds is 2. The van der Waals surface area contributed by atoms with Crippen LogP contribution in [0.25, 0.3) is 32.6 Å². The van der Waals surface area contributed by atoms with Crippen molar-refractivity contribution in [1.29, 1.82) is 0 Å². The maximum absolute atomic E-state index is 12.9. The van der Waals surface area contributed by atoms with E-state index in [-0.39, 0.29) is 5.56 Å². The number of carbonyl (C=O) groups excluding carboxylic acids is 2. The topological polar surface area (TPSA) is 97.1 Å². The van der Waals surface area contributed by atoms with Gasteiger partial charge in [0.2, 0.25) is 5.91 Å². The quantitative estimate of drug-likeness (QED) is 0.340. The van der Waals surface area contributed by atoms with Crippen LogP contribution in [0.15, 0.2) is 59.7 Å². The van der Waals surface area contributed by atoms with E-state index in [9.17, 15) is 9.59 Å². The molecule has 0 aliphatic rings. The Hall–Kier alpha value is -3.57. The van der Waals surface area contributed by atoms with Crippen molar-refractivity contribution in [2.75, 3.05) is 0 Å². The number of benzene rings is 2. The number of hydrogen-bond donors (Lipinski definition) is 0. The first-order chi connectivity index (χ1) is 12.8. The fourth-order valence-corrected chi connectivity index (χ4v) is 2.84. The zero-order chi connectivity index (χ0) is 19.6. The second-order valence-corrected chi connectivity index (χ2v) is 6.94. The van der Waals surface area contributed by atoms with Gasteiger partial charge < -0.3 is 4.74 Å². The van der Waals surface area contributed by atoms with Gasteiger partial charge in [0.1, 0.15) is 5.60 Å². The molecule has 3 rings (SSSR count). The predicted octanol–water partition coefficient (Wildman–Crippen LogP) is 5.54. The van der Waals surface area contributed by atoms with Crippen LogP contribution in [0.1, 0.15) is 31.1 Å². The number of nitrogens with zero attached hydrogens (tertiary/aromatic N) is 4. The highest BCUT2D eigenvalue weighted by Crippen LogP contribution is 2.31. The van der Waals surface area contributed by atoms with Gasteiger partial charge in [0, 0.05) is 21.4 Å². The first-order valence-corrected chi connectivity index (χ1v) is 8.34. The number of ether oxygens (including phenoxy) is 1. The summed E-state index contributed by atoms with van der Waals surface area (Å²) in [6, 6.07) is 15.9. The Morgan fingerprint density at radius 3 is 2.44 bits per heavy atom. The third-order valence-electron chi connectivity index (χ3n) is 3.86. The molecule has 3 aromatic rings. The monoisotopic (exact) mass is 362 g/mol. The number of carbonyl (C=O) groups is 2. The fourth-order valence-electron chi connectivity index (χ4n) is 2.84. The summed E-state index contributed by atoms with van der Waals surface area (Å²) in [5.41, 5.74) is 9.76. The van der Waals surface area contributed by atoms with Crippen LogP contribution in [-0.4, -0.2) is 22.2 Å². The summed E-state index contributed by atoms with van der Waals surface area (Å²) in [6.07, 6.45) is -0.551. The van der Waals surface area contributed by atoms with Gasteiger partial charge >= 0.3 is 6.09 Å². The molecule has 0 saturated heterocycles. The Balaban J connectivity index is 2.27. The van der Waals surface area contributed by atoms with E-state index in [4.69, 9.17) is 10.3 Å². The molecule has 0 N–H and O–H groups in total. The lowest BCUT2D eigenvalue weighted by Crippen LogP contribution is -2.27. The van der Waals surface area contributed by atoms with Crippen LogP contribution in [0.4, 0.5) is 4.79 Å². The molecule has 1 aromatic heterocycles. The van der Waals surface area contributed by atoms with Crippen LogP contribution in [0.2, 0.25) is 0 Å². The second kappa shape index (κ2) is 6.97. The third kappa shape index (κ3) is 3.68. The lowest BCUT2D eigenvalue weighted by molar-refractivity contribution is 0.0547. The molecule has 136 valence electrons. The second-order valence-electron chi connectivity index (χ2n) is 6.94. The molecule has 0 fully saturated rings. The van der Waals surface area contributed by atoms with E-state index in [1.54, 1.807) is 57.2 Å². The molecule has 0 aliphatic heterocycles. The molecular weight excluding hydrogens is 344 g/mol. The minimum atomic E-state index is -0.714. The number of azide groups is 1. The van der Waals surface area contributed by atoms with E-state index in [2.05, 4.69) is 10.0 Å². The third-order valence-corrected chi connectivity index (χ3v) is 3.86. The highest BCUT2D eigenvalue weighted by molar-refractivity contribution is 6.04. The Kier molecular flexibility index (Phi) is 4.71. The van der Waals surface area contributed by atoms with Crippen molar-refractivity contribution < 1.29 is 14.3 Å². The van der Waals surface area contributed by atoms with Gasteiger partial charge in [-0.25, -0.2) is 9.36 Å². The largest absolute Gasteiger partial charge is 0.443 e. The van der Waals surface area contributed by atoms with E-state index < -0.39 is 17.6 Å². The molecule has 1 amide bonds. The SMILES string of the molecule is CC(C)(C)OC(=O)n1c(-c2ccccc2C(=O)N=[N+]=[N-])cc2ccccc21. The highest BCUT2D eigenvalue weighted by atomic mass is 16.6. The van der Waals surface area contributed by atoms with Gasteiger partial charge in [-0.15, -0.1) is 0 Å². The van der Waals surface area contributed by atoms with Crippen molar-refractivity contribution in [1.82, 2.24) is 4.57 Å². The summed E-state index contributed by atoms with van der Waals surface area (Å²) in [7, 11) is 0. The van der Waals surface area contributed by atoms with Crippen molar-refractivity contribution in [3.63, 3.8) is 0 Å². The highest BCUT2D eigenvalue weighted by Gasteiger charge is 2.24. The first-order valence-electron chi connectivity index (χ1n) is 8.34. The molecule has 1 heterocycles. The van der Waals surface area contributed by atoms with Gasteiger partial charge in [0.25, 0.3) is 0 Å². The predicted molar refractivity (Wildman–Crippen MR) is 102 cm³/mol. The number of aromatic nitrogens is 1. The number of para-hydroxylation sites is 1. The van der Waals surface area contributed by atoms with Crippen molar-refractivity contribution in [2.24, 2.45) is 5.11 Å². The lowest BCUT2D eigenvalue weighted by atomic mass is 10.0. The average molecular weight is 362 g/mol. The summed E-state index contributed by atoms with van der Waals surface area (Å²) in [5.74, 6) is -0.714. The summed E-state index contributed by atoms with van der Waals surface area (Å²) in [5, 5.41) is 4.01. The van der Waals surface area contributed by atoms with Crippen LogP contribution in [-0.2, 0) is 4.74 Å².